The molecule has 1 aromatic rings. The van der Waals surface area contributed by atoms with Crippen LogP contribution in [0.15, 0.2) is 18.2 Å². The summed E-state index contributed by atoms with van der Waals surface area (Å²) in [4.78, 5) is 16.3. The molecule has 0 saturated heterocycles. The predicted molar refractivity (Wildman–Crippen MR) is 59.9 cm³/mol. The number of hydrogen-bond acceptors (Lipinski definition) is 3. The molecule has 1 rings (SSSR count). The molecule has 0 fully saturated rings. The van der Waals surface area contributed by atoms with Gasteiger partial charge in [0.1, 0.15) is 5.75 Å². The van der Waals surface area contributed by atoms with Gasteiger partial charge in [0.15, 0.2) is 0 Å². The maximum atomic E-state index is 11.5. The highest BCUT2D eigenvalue weighted by Crippen LogP contribution is 2.21. The van der Waals surface area contributed by atoms with E-state index < -0.39 is 0 Å². The summed E-state index contributed by atoms with van der Waals surface area (Å²) in [6.07, 6.45) is 0. The van der Waals surface area contributed by atoms with Gasteiger partial charge in [0.05, 0.1) is 12.7 Å². The molecule has 0 saturated carbocycles. The second-order valence-corrected chi connectivity index (χ2v) is 3.89. The molecule has 0 aliphatic carbocycles. The van der Waals surface area contributed by atoms with Gasteiger partial charge in [-0.25, -0.2) is 5.06 Å². The van der Waals surface area contributed by atoms with Crippen molar-refractivity contribution in [3.05, 3.63) is 27.3 Å². The number of carbonyl (C=O) groups excluding carboxylic acids is 1. The third kappa shape index (κ3) is 2.36. The standard InChI is InChI=1S/C9H10INO3/c1-11(14-2)9(13)7-4-3-6(10)5-8(7)12/h3-5,12H,1-2H3. The van der Waals surface area contributed by atoms with Crippen molar-refractivity contribution >= 4 is 28.5 Å². The highest BCUT2D eigenvalue weighted by atomic mass is 127. The Morgan fingerprint density at radius 3 is 2.71 bits per heavy atom. The van der Waals surface area contributed by atoms with Crippen LogP contribution in [0.4, 0.5) is 0 Å². The monoisotopic (exact) mass is 307 g/mol. The number of amides is 1. The second kappa shape index (κ2) is 4.61. The number of phenolic OH excluding ortho intramolecular Hbond substituents is 1. The van der Waals surface area contributed by atoms with Crippen LogP contribution >= 0.6 is 22.6 Å². The summed E-state index contributed by atoms with van der Waals surface area (Å²) in [5.74, 6) is -0.410. The molecule has 5 heteroatoms. The molecule has 1 aromatic carbocycles. The van der Waals surface area contributed by atoms with E-state index in [2.05, 4.69) is 22.6 Å². The van der Waals surface area contributed by atoms with Gasteiger partial charge in [-0.3, -0.25) is 9.63 Å². The molecule has 0 heterocycles. The van der Waals surface area contributed by atoms with Gasteiger partial charge >= 0.3 is 0 Å². The zero-order chi connectivity index (χ0) is 10.7. The minimum Gasteiger partial charge on any atom is -0.507 e. The van der Waals surface area contributed by atoms with Crippen LogP contribution in [0.3, 0.4) is 0 Å². The Morgan fingerprint density at radius 2 is 2.21 bits per heavy atom. The third-order valence-electron chi connectivity index (χ3n) is 1.75. The Balaban J connectivity index is 3.02. The number of hydrogen-bond donors (Lipinski definition) is 1. The molecule has 0 unspecified atom stereocenters. The van der Waals surface area contributed by atoms with Gasteiger partial charge in [0.25, 0.3) is 5.91 Å². The Bertz CT molecular complexity index is 354. The summed E-state index contributed by atoms with van der Waals surface area (Å²) in [5, 5.41) is 10.6. The molecule has 1 N–H and O–H groups in total. The van der Waals surface area contributed by atoms with Crippen LogP contribution in [-0.2, 0) is 4.84 Å². The quantitative estimate of drug-likeness (QED) is 0.667. The summed E-state index contributed by atoms with van der Waals surface area (Å²) in [7, 11) is 2.88. The van der Waals surface area contributed by atoms with Gasteiger partial charge in [-0.05, 0) is 40.8 Å². The molecular formula is C9H10INO3. The number of rotatable bonds is 2. The molecular weight excluding hydrogens is 297 g/mol. The van der Waals surface area contributed by atoms with Crippen molar-refractivity contribution in [2.75, 3.05) is 14.2 Å². The fourth-order valence-corrected chi connectivity index (χ4v) is 1.41. The van der Waals surface area contributed by atoms with Gasteiger partial charge in [0, 0.05) is 10.6 Å². The topological polar surface area (TPSA) is 49.8 Å². The maximum absolute atomic E-state index is 11.5. The number of carbonyl (C=O) groups is 1. The van der Waals surface area contributed by atoms with Crippen molar-refractivity contribution in [2.24, 2.45) is 0 Å². The van der Waals surface area contributed by atoms with Crippen molar-refractivity contribution in [2.45, 2.75) is 0 Å². The van der Waals surface area contributed by atoms with Crippen molar-refractivity contribution < 1.29 is 14.7 Å². The van der Waals surface area contributed by atoms with Gasteiger partial charge in [-0.1, -0.05) is 0 Å². The van der Waals surface area contributed by atoms with E-state index in [0.717, 1.165) is 8.63 Å². The van der Waals surface area contributed by atoms with Crippen molar-refractivity contribution in [3.63, 3.8) is 0 Å². The number of nitrogens with zero attached hydrogens (tertiary/aromatic N) is 1. The smallest absolute Gasteiger partial charge is 0.280 e. The van der Waals surface area contributed by atoms with Crippen LogP contribution < -0.4 is 0 Å². The van der Waals surface area contributed by atoms with Crippen LogP contribution in [0.1, 0.15) is 10.4 Å². The summed E-state index contributed by atoms with van der Waals surface area (Å²) >= 11 is 2.06. The molecule has 0 aliphatic heterocycles. The van der Waals surface area contributed by atoms with E-state index in [9.17, 15) is 9.90 Å². The Labute approximate surface area is 95.6 Å². The SMILES string of the molecule is CON(C)C(=O)c1ccc(I)cc1O. The van der Waals surface area contributed by atoms with Crippen LogP contribution in [0.2, 0.25) is 0 Å². The maximum Gasteiger partial charge on any atom is 0.280 e. The van der Waals surface area contributed by atoms with Gasteiger partial charge < -0.3 is 5.11 Å². The van der Waals surface area contributed by atoms with E-state index in [1.807, 2.05) is 0 Å². The van der Waals surface area contributed by atoms with Crippen molar-refractivity contribution in [3.8, 4) is 5.75 Å². The van der Waals surface area contributed by atoms with E-state index >= 15 is 0 Å². The van der Waals surface area contributed by atoms with Crippen LogP contribution in [0, 0.1) is 3.57 Å². The number of aromatic hydroxyl groups is 1. The highest BCUT2D eigenvalue weighted by molar-refractivity contribution is 14.1. The zero-order valence-corrected chi connectivity index (χ0v) is 9.98. The van der Waals surface area contributed by atoms with Gasteiger partial charge in [-0.15, -0.1) is 0 Å². The molecule has 4 nitrogen and oxygen atoms in total. The van der Waals surface area contributed by atoms with Crippen molar-refractivity contribution in [1.82, 2.24) is 5.06 Å². The first-order valence-electron chi connectivity index (χ1n) is 3.87. The molecule has 0 spiro atoms. The number of halogens is 1. The first-order chi connectivity index (χ1) is 6.56. The second-order valence-electron chi connectivity index (χ2n) is 2.65. The Morgan fingerprint density at radius 1 is 1.57 bits per heavy atom. The lowest BCUT2D eigenvalue weighted by molar-refractivity contribution is -0.0758. The zero-order valence-electron chi connectivity index (χ0n) is 7.82. The lowest BCUT2D eigenvalue weighted by Gasteiger charge is -2.14. The molecule has 0 radical (unpaired) electrons. The average Bonchev–Trinajstić information content (AvgIpc) is 2.15. The van der Waals surface area contributed by atoms with Crippen LogP contribution in [-0.4, -0.2) is 30.2 Å². The summed E-state index contributed by atoms with van der Waals surface area (Å²) in [6.45, 7) is 0. The number of hydroxylamine groups is 2. The Kier molecular flexibility index (Phi) is 3.70. The van der Waals surface area contributed by atoms with E-state index in [0.29, 0.717) is 0 Å². The first kappa shape index (κ1) is 11.3. The molecule has 1 amide bonds. The Hall–Kier alpha value is -0.820. The molecule has 0 aromatic heterocycles. The fraction of sp³-hybridized carbons (Fsp3) is 0.222. The van der Waals surface area contributed by atoms with E-state index in [-0.39, 0.29) is 17.2 Å². The largest absolute Gasteiger partial charge is 0.507 e. The van der Waals surface area contributed by atoms with Crippen LogP contribution in [0.25, 0.3) is 0 Å². The predicted octanol–water partition coefficient (Wildman–Crippen LogP) is 1.63. The third-order valence-corrected chi connectivity index (χ3v) is 2.42. The molecule has 0 aliphatic rings. The minimum atomic E-state index is -0.374. The molecule has 14 heavy (non-hydrogen) atoms. The van der Waals surface area contributed by atoms with Gasteiger partial charge in [0.2, 0.25) is 0 Å². The normalized spacial score (nSPS) is 9.93. The average molecular weight is 307 g/mol. The highest BCUT2D eigenvalue weighted by Gasteiger charge is 2.15. The van der Waals surface area contributed by atoms with Gasteiger partial charge in [-0.2, -0.15) is 0 Å². The van der Waals surface area contributed by atoms with Crippen molar-refractivity contribution in [1.29, 1.82) is 0 Å². The van der Waals surface area contributed by atoms with E-state index in [4.69, 9.17) is 4.84 Å². The van der Waals surface area contributed by atoms with E-state index in [1.54, 1.807) is 12.1 Å². The molecule has 0 bridgehead atoms. The van der Waals surface area contributed by atoms with E-state index in [1.165, 1.54) is 20.2 Å². The lowest BCUT2D eigenvalue weighted by Crippen LogP contribution is -2.25. The van der Waals surface area contributed by atoms with Crippen LogP contribution in [0.5, 0.6) is 5.75 Å². The minimum absolute atomic E-state index is 0.0363. The summed E-state index contributed by atoms with van der Waals surface area (Å²) in [5.41, 5.74) is 0.231. The number of phenols is 1. The summed E-state index contributed by atoms with van der Waals surface area (Å²) < 4.78 is 0.872. The fourth-order valence-electron chi connectivity index (χ4n) is 0.938. The first-order valence-corrected chi connectivity index (χ1v) is 4.95. The lowest BCUT2D eigenvalue weighted by atomic mass is 10.2. The molecule has 0 atom stereocenters. The summed E-state index contributed by atoms with van der Waals surface area (Å²) in [6, 6.07) is 4.84. The molecule has 76 valence electrons. The number of benzene rings is 1.